The Labute approximate surface area is 332 Å². The molecule has 0 aliphatic carbocycles. The van der Waals surface area contributed by atoms with Crippen LogP contribution in [0.3, 0.4) is 0 Å². The van der Waals surface area contributed by atoms with Crippen LogP contribution >= 0.6 is 0 Å². The fraction of sp³-hybridized carbons (Fsp3) is 0.769. The maximum atomic E-state index is 11.9. The molecule has 1 aromatic rings. The van der Waals surface area contributed by atoms with Crippen molar-refractivity contribution >= 4 is 17.7 Å². The first-order chi connectivity index (χ1) is 27.3. The van der Waals surface area contributed by atoms with Crippen LogP contribution in [0.2, 0.25) is 0 Å². The summed E-state index contributed by atoms with van der Waals surface area (Å²) in [6, 6.07) is 8.24. The zero-order valence-corrected chi connectivity index (χ0v) is 33.7. The molecule has 0 aliphatic heterocycles. The summed E-state index contributed by atoms with van der Waals surface area (Å²) in [7, 11) is 0. The van der Waals surface area contributed by atoms with Gasteiger partial charge in [0.15, 0.2) is 0 Å². The minimum atomic E-state index is -0.902. The van der Waals surface area contributed by atoms with Gasteiger partial charge in [-0.05, 0) is 20.8 Å². The van der Waals surface area contributed by atoms with Crippen LogP contribution in [0.4, 0.5) is 0 Å². The van der Waals surface area contributed by atoms with E-state index in [0.717, 1.165) is 0 Å². The highest BCUT2D eigenvalue weighted by atomic mass is 16.6. The Bertz CT molecular complexity index is 1050. The number of benzene rings is 1. The molecular formula is C39H66O17. The molecule has 0 bridgehead atoms. The molecule has 0 amide bonds. The Morgan fingerprint density at radius 2 is 0.661 bits per heavy atom. The number of hydrogen-bond donors (Lipinski definition) is 0. The van der Waals surface area contributed by atoms with Crippen LogP contribution in [0, 0.1) is 0 Å². The lowest BCUT2D eigenvalue weighted by molar-refractivity contribution is -0.156. The Hall–Kier alpha value is -2.65. The molecule has 0 unspecified atom stereocenters. The van der Waals surface area contributed by atoms with E-state index in [9.17, 15) is 14.4 Å². The first kappa shape index (κ1) is 51.4. The highest BCUT2D eigenvalue weighted by Gasteiger charge is 2.17. The zero-order valence-electron chi connectivity index (χ0n) is 33.7. The molecule has 0 aliphatic rings. The summed E-state index contributed by atoms with van der Waals surface area (Å²) in [6.45, 7) is 15.9. The van der Waals surface area contributed by atoms with E-state index < -0.39 is 17.4 Å². The first-order valence-corrected chi connectivity index (χ1v) is 19.2. The number of carbonyl (C=O) groups excluding carboxylic acids is 3. The topological polar surface area (TPSA) is 180 Å². The standard InChI is InChI=1S/C39H66O17/c1-39(2,3)56-36(40)9-10-43-11-12-44-13-14-45-15-16-46-17-18-47-19-20-48-21-22-49-23-24-50-25-26-51-27-28-52-29-30-53-31-32-54-33-34-55-38(42)37(41)35-7-5-4-6-8-35/h4-8H,9-34H2,1-3H3. The quantitative estimate of drug-likeness (QED) is 0.0407. The van der Waals surface area contributed by atoms with E-state index in [1.165, 1.54) is 0 Å². The third-order valence-corrected chi connectivity index (χ3v) is 6.64. The molecule has 0 atom stereocenters. The summed E-state index contributed by atoms with van der Waals surface area (Å²) in [5.74, 6) is -1.85. The van der Waals surface area contributed by atoms with Gasteiger partial charge < -0.3 is 66.3 Å². The minimum Gasteiger partial charge on any atom is -0.460 e. The third kappa shape index (κ3) is 35.7. The third-order valence-electron chi connectivity index (χ3n) is 6.64. The Morgan fingerprint density at radius 1 is 0.393 bits per heavy atom. The molecule has 17 nitrogen and oxygen atoms in total. The van der Waals surface area contributed by atoms with Crippen LogP contribution in [0.5, 0.6) is 0 Å². The van der Waals surface area contributed by atoms with Crippen molar-refractivity contribution in [1.29, 1.82) is 0 Å². The lowest BCUT2D eigenvalue weighted by atomic mass is 10.1. The highest BCUT2D eigenvalue weighted by Crippen LogP contribution is 2.08. The number of rotatable bonds is 41. The van der Waals surface area contributed by atoms with Gasteiger partial charge in [0.05, 0.1) is 165 Å². The summed E-state index contributed by atoms with van der Waals surface area (Å²) >= 11 is 0. The summed E-state index contributed by atoms with van der Waals surface area (Å²) in [4.78, 5) is 35.2. The van der Waals surface area contributed by atoms with Gasteiger partial charge in [-0.25, -0.2) is 4.79 Å². The van der Waals surface area contributed by atoms with Crippen molar-refractivity contribution in [3.63, 3.8) is 0 Å². The SMILES string of the molecule is CC(C)(C)OC(=O)CCOCCOCCOCCOCCOCCOCCOCCOCCOCCOCCOCCOCCOC(=O)C(=O)c1ccccc1. The van der Waals surface area contributed by atoms with E-state index in [1.807, 2.05) is 20.8 Å². The average Bonchev–Trinajstić information content (AvgIpc) is 3.18. The van der Waals surface area contributed by atoms with Crippen molar-refractivity contribution in [1.82, 2.24) is 0 Å². The molecule has 17 heteroatoms. The first-order valence-electron chi connectivity index (χ1n) is 19.2. The second-order valence-electron chi connectivity index (χ2n) is 12.5. The molecule has 0 spiro atoms. The van der Waals surface area contributed by atoms with E-state index in [0.29, 0.717) is 158 Å². The fourth-order valence-corrected chi connectivity index (χ4v) is 4.04. The maximum absolute atomic E-state index is 11.9. The number of ether oxygens (including phenoxy) is 14. The molecule has 0 saturated heterocycles. The van der Waals surface area contributed by atoms with Gasteiger partial charge in [0.1, 0.15) is 12.2 Å². The normalized spacial score (nSPS) is 11.6. The zero-order chi connectivity index (χ0) is 40.6. The highest BCUT2D eigenvalue weighted by molar-refractivity contribution is 6.40. The van der Waals surface area contributed by atoms with Crippen LogP contribution in [-0.4, -0.2) is 188 Å². The molecule has 1 aromatic carbocycles. The Kier molecular flexibility index (Phi) is 34.8. The van der Waals surface area contributed by atoms with Gasteiger partial charge in [-0.3, -0.25) is 9.59 Å². The van der Waals surface area contributed by atoms with Gasteiger partial charge in [-0.15, -0.1) is 0 Å². The molecule has 56 heavy (non-hydrogen) atoms. The predicted octanol–water partition coefficient (Wildman–Crippen LogP) is 2.34. The van der Waals surface area contributed by atoms with Gasteiger partial charge in [-0.1, -0.05) is 30.3 Å². The molecule has 1 rings (SSSR count). The maximum Gasteiger partial charge on any atom is 0.379 e. The van der Waals surface area contributed by atoms with Crippen LogP contribution in [0.15, 0.2) is 30.3 Å². The van der Waals surface area contributed by atoms with Crippen LogP contribution in [-0.2, 0) is 75.9 Å². The lowest BCUT2D eigenvalue weighted by Crippen LogP contribution is -2.24. The molecule has 0 heterocycles. The molecular weight excluding hydrogens is 740 g/mol. The summed E-state index contributed by atoms with van der Waals surface area (Å²) in [6.07, 6.45) is 0.224. The number of esters is 2. The molecule has 0 fully saturated rings. The average molecular weight is 807 g/mol. The predicted molar refractivity (Wildman–Crippen MR) is 202 cm³/mol. The Balaban J connectivity index is 1.65. The summed E-state index contributed by atoms with van der Waals surface area (Å²) in [5.41, 5.74) is -0.191. The number of carbonyl (C=O) groups is 3. The number of Topliss-reactive ketones (excluding diaryl/α,β-unsaturated/α-hetero) is 1. The van der Waals surface area contributed by atoms with Crippen molar-refractivity contribution in [3.05, 3.63) is 35.9 Å². The van der Waals surface area contributed by atoms with Crippen molar-refractivity contribution < 1.29 is 80.7 Å². The van der Waals surface area contributed by atoms with Gasteiger partial charge in [0.25, 0.3) is 5.78 Å². The van der Waals surface area contributed by atoms with E-state index in [2.05, 4.69) is 0 Å². The van der Waals surface area contributed by atoms with Crippen LogP contribution in [0.1, 0.15) is 37.6 Å². The minimum absolute atomic E-state index is 0.00862. The van der Waals surface area contributed by atoms with Gasteiger partial charge in [0.2, 0.25) is 0 Å². The van der Waals surface area contributed by atoms with Gasteiger partial charge in [0, 0.05) is 5.56 Å². The van der Waals surface area contributed by atoms with Crippen LogP contribution in [0.25, 0.3) is 0 Å². The number of hydrogen-bond acceptors (Lipinski definition) is 17. The van der Waals surface area contributed by atoms with E-state index in [-0.39, 0.29) is 25.6 Å². The largest absolute Gasteiger partial charge is 0.460 e. The van der Waals surface area contributed by atoms with Crippen molar-refractivity contribution in [2.45, 2.75) is 32.8 Å². The van der Waals surface area contributed by atoms with Crippen molar-refractivity contribution in [2.75, 3.05) is 165 Å². The van der Waals surface area contributed by atoms with Crippen molar-refractivity contribution in [2.24, 2.45) is 0 Å². The van der Waals surface area contributed by atoms with Gasteiger partial charge >= 0.3 is 11.9 Å². The fourth-order valence-electron chi connectivity index (χ4n) is 4.04. The molecule has 0 saturated carbocycles. The molecule has 0 radical (unpaired) electrons. The monoisotopic (exact) mass is 806 g/mol. The van der Waals surface area contributed by atoms with Crippen molar-refractivity contribution in [3.8, 4) is 0 Å². The van der Waals surface area contributed by atoms with E-state index in [4.69, 9.17) is 66.3 Å². The number of ketones is 1. The molecule has 0 N–H and O–H groups in total. The second kappa shape index (κ2) is 37.9. The molecule has 0 aromatic heterocycles. The summed E-state index contributed by atoms with van der Waals surface area (Å²) < 4.78 is 75.4. The Morgan fingerprint density at radius 3 is 0.946 bits per heavy atom. The van der Waals surface area contributed by atoms with Gasteiger partial charge in [-0.2, -0.15) is 0 Å². The summed E-state index contributed by atoms with van der Waals surface area (Å²) in [5, 5.41) is 0. The van der Waals surface area contributed by atoms with E-state index in [1.54, 1.807) is 30.3 Å². The smallest absolute Gasteiger partial charge is 0.379 e. The lowest BCUT2D eigenvalue weighted by Gasteiger charge is -2.19. The van der Waals surface area contributed by atoms with E-state index >= 15 is 0 Å². The second-order valence-corrected chi connectivity index (χ2v) is 12.5. The molecule has 324 valence electrons. The van der Waals surface area contributed by atoms with Crippen LogP contribution < -0.4 is 0 Å².